The minimum absolute atomic E-state index is 0.0482. The van der Waals surface area contributed by atoms with Crippen molar-refractivity contribution in [2.24, 2.45) is 4.99 Å². The molecule has 1 heterocycles. The molecule has 0 amide bonds. The summed E-state index contributed by atoms with van der Waals surface area (Å²) < 4.78 is 30.6. The first-order valence-electron chi connectivity index (χ1n) is 7.99. The third-order valence-corrected chi connectivity index (χ3v) is 4.68. The van der Waals surface area contributed by atoms with Crippen molar-refractivity contribution in [2.75, 3.05) is 31.9 Å². The van der Waals surface area contributed by atoms with Crippen LogP contribution >= 0.6 is 0 Å². The van der Waals surface area contributed by atoms with Crippen molar-refractivity contribution >= 4 is 16.0 Å². The van der Waals surface area contributed by atoms with Gasteiger partial charge < -0.3 is 20.2 Å². The Hall–Kier alpha value is -1.58. The lowest BCUT2D eigenvalue weighted by molar-refractivity contribution is 0.0428. The topological polar surface area (TPSA) is 116 Å². The molecule has 0 fully saturated rings. The van der Waals surface area contributed by atoms with Crippen molar-refractivity contribution in [1.82, 2.24) is 15.4 Å². The van der Waals surface area contributed by atoms with Crippen LogP contribution in [0.3, 0.4) is 0 Å². The quantitative estimate of drug-likeness (QED) is 0.286. The lowest BCUT2D eigenvalue weighted by Crippen LogP contribution is -2.42. The summed E-state index contributed by atoms with van der Waals surface area (Å²) in [5, 5.41) is 16.5. The fourth-order valence-corrected chi connectivity index (χ4v) is 2.48. The molecule has 0 bridgehead atoms. The zero-order chi connectivity index (χ0) is 18.2. The summed E-state index contributed by atoms with van der Waals surface area (Å²) >= 11 is 0. The number of nitrogens with one attached hydrogen (secondary N) is 3. The van der Waals surface area contributed by atoms with Crippen LogP contribution in [0.15, 0.2) is 21.5 Å². The van der Waals surface area contributed by atoms with Gasteiger partial charge in [-0.2, -0.15) is 0 Å². The molecule has 9 heteroatoms. The molecule has 0 aliphatic rings. The highest BCUT2D eigenvalue weighted by Crippen LogP contribution is 2.22. The normalized spacial score (nSPS) is 15.1. The van der Waals surface area contributed by atoms with Crippen molar-refractivity contribution in [1.29, 1.82) is 0 Å². The van der Waals surface area contributed by atoms with E-state index in [2.05, 4.69) is 20.3 Å². The van der Waals surface area contributed by atoms with Gasteiger partial charge in [0.15, 0.2) is 5.96 Å². The van der Waals surface area contributed by atoms with Crippen LogP contribution in [-0.2, 0) is 15.6 Å². The number of nitrogens with zero attached hydrogens (tertiary/aromatic N) is 1. The van der Waals surface area contributed by atoms with E-state index >= 15 is 0 Å². The largest absolute Gasteiger partial charge is 0.463 e. The number of furan rings is 1. The molecule has 0 spiro atoms. The van der Waals surface area contributed by atoms with Gasteiger partial charge in [-0.1, -0.05) is 0 Å². The zero-order valence-corrected chi connectivity index (χ0v) is 15.5. The fourth-order valence-electron chi connectivity index (χ4n) is 1.87. The van der Waals surface area contributed by atoms with Gasteiger partial charge in [0.1, 0.15) is 17.1 Å². The van der Waals surface area contributed by atoms with E-state index in [0.717, 1.165) is 5.76 Å². The molecule has 0 radical (unpaired) electrons. The first-order valence-corrected chi connectivity index (χ1v) is 9.64. The molecule has 1 rings (SSSR count). The molecule has 0 aromatic carbocycles. The average Bonchev–Trinajstić information content (AvgIpc) is 2.96. The van der Waals surface area contributed by atoms with Crippen LogP contribution in [0, 0.1) is 6.92 Å². The molecule has 0 aliphatic carbocycles. The predicted molar refractivity (Wildman–Crippen MR) is 94.5 cm³/mol. The minimum atomic E-state index is -3.20. The second-order valence-corrected chi connectivity index (χ2v) is 7.70. The third kappa shape index (κ3) is 6.90. The summed E-state index contributed by atoms with van der Waals surface area (Å²) in [4.78, 5) is 4.33. The number of aliphatic hydroxyl groups is 1. The number of hydrogen-bond donors (Lipinski definition) is 4. The van der Waals surface area contributed by atoms with Gasteiger partial charge >= 0.3 is 0 Å². The van der Waals surface area contributed by atoms with Gasteiger partial charge in [0, 0.05) is 19.6 Å². The number of aryl methyl sites for hydroxylation is 1. The van der Waals surface area contributed by atoms with E-state index in [1.165, 1.54) is 0 Å². The molecule has 0 saturated heterocycles. The van der Waals surface area contributed by atoms with Crippen molar-refractivity contribution in [3.63, 3.8) is 0 Å². The summed E-state index contributed by atoms with van der Waals surface area (Å²) in [6, 6.07) is 3.52. The van der Waals surface area contributed by atoms with E-state index < -0.39 is 15.6 Å². The summed E-state index contributed by atoms with van der Waals surface area (Å²) in [5.74, 6) is 1.72. The van der Waals surface area contributed by atoms with Gasteiger partial charge in [-0.05, 0) is 39.8 Å². The Bertz CT molecular complexity index is 638. The molecule has 4 N–H and O–H groups in total. The monoisotopic (exact) mass is 360 g/mol. The molecule has 1 atom stereocenters. The van der Waals surface area contributed by atoms with Gasteiger partial charge in [-0.15, -0.1) is 0 Å². The molecular weight excluding hydrogens is 332 g/mol. The van der Waals surface area contributed by atoms with Crippen molar-refractivity contribution in [2.45, 2.75) is 33.3 Å². The van der Waals surface area contributed by atoms with Crippen LogP contribution < -0.4 is 15.4 Å². The maximum absolute atomic E-state index is 11.4. The van der Waals surface area contributed by atoms with Gasteiger partial charge in [0.05, 0.1) is 12.3 Å². The van der Waals surface area contributed by atoms with Crippen LogP contribution in [-0.4, -0.2) is 51.4 Å². The van der Waals surface area contributed by atoms with Crippen LogP contribution in [0.2, 0.25) is 0 Å². The molecule has 0 saturated carbocycles. The Labute approximate surface area is 143 Å². The van der Waals surface area contributed by atoms with Crippen LogP contribution in [0.5, 0.6) is 0 Å². The molecule has 138 valence electrons. The van der Waals surface area contributed by atoms with Gasteiger partial charge in [0.2, 0.25) is 10.0 Å². The first kappa shape index (κ1) is 20.5. The van der Waals surface area contributed by atoms with Crippen LogP contribution in [0.1, 0.15) is 32.3 Å². The number of guanidine groups is 1. The second-order valence-electron chi connectivity index (χ2n) is 5.60. The standard InChI is InChI=1S/C15H28N4O4S/c1-5-16-14(17-9-10-19-24(21,22)6-2)18-11-15(4,20)13-8-7-12(3)23-13/h7-8,19-20H,5-6,9-11H2,1-4H3,(H2,16,17,18). The third-order valence-electron chi connectivity index (χ3n) is 3.28. The average molecular weight is 360 g/mol. The Balaban J connectivity index is 2.58. The van der Waals surface area contributed by atoms with Gasteiger partial charge in [-0.25, -0.2) is 18.1 Å². The van der Waals surface area contributed by atoms with E-state index in [1.807, 2.05) is 13.8 Å². The minimum Gasteiger partial charge on any atom is -0.463 e. The van der Waals surface area contributed by atoms with E-state index in [-0.39, 0.29) is 18.8 Å². The number of aliphatic imine (C=N–C) groups is 1. The summed E-state index contributed by atoms with van der Waals surface area (Å²) in [7, 11) is -3.20. The Morgan fingerprint density at radius 3 is 2.54 bits per heavy atom. The zero-order valence-electron chi connectivity index (χ0n) is 14.7. The molecule has 8 nitrogen and oxygen atoms in total. The number of hydrogen-bond acceptors (Lipinski definition) is 5. The van der Waals surface area contributed by atoms with E-state index in [9.17, 15) is 13.5 Å². The maximum Gasteiger partial charge on any atom is 0.211 e. The first-order chi connectivity index (χ1) is 11.2. The summed E-state index contributed by atoms with van der Waals surface area (Å²) in [6.45, 7) is 8.34. The van der Waals surface area contributed by atoms with Crippen LogP contribution in [0.4, 0.5) is 0 Å². The Morgan fingerprint density at radius 1 is 1.29 bits per heavy atom. The highest BCUT2D eigenvalue weighted by molar-refractivity contribution is 7.89. The maximum atomic E-state index is 11.4. The Morgan fingerprint density at radius 2 is 2.00 bits per heavy atom. The molecule has 1 aromatic rings. The Kier molecular flexibility index (Phi) is 7.71. The molecule has 24 heavy (non-hydrogen) atoms. The molecule has 0 aliphatic heterocycles. The number of sulfonamides is 1. The lowest BCUT2D eigenvalue weighted by Gasteiger charge is -2.19. The molecular formula is C15H28N4O4S. The number of rotatable bonds is 9. The highest BCUT2D eigenvalue weighted by Gasteiger charge is 2.26. The van der Waals surface area contributed by atoms with Crippen molar-refractivity contribution in [3.8, 4) is 0 Å². The fraction of sp³-hybridized carbons (Fsp3) is 0.667. The SMILES string of the molecule is CCNC(=NCC(C)(O)c1ccc(C)o1)NCCNS(=O)(=O)CC. The van der Waals surface area contributed by atoms with Crippen LogP contribution in [0.25, 0.3) is 0 Å². The summed E-state index contributed by atoms with van der Waals surface area (Å²) in [5.41, 5.74) is -1.22. The smallest absolute Gasteiger partial charge is 0.211 e. The highest BCUT2D eigenvalue weighted by atomic mass is 32.2. The van der Waals surface area contributed by atoms with E-state index in [4.69, 9.17) is 4.42 Å². The van der Waals surface area contributed by atoms with Gasteiger partial charge in [0.25, 0.3) is 0 Å². The van der Waals surface area contributed by atoms with E-state index in [1.54, 1.807) is 26.0 Å². The summed E-state index contributed by atoms with van der Waals surface area (Å²) in [6.07, 6.45) is 0. The van der Waals surface area contributed by atoms with E-state index in [0.29, 0.717) is 24.8 Å². The van der Waals surface area contributed by atoms with Crippen molar-refractivity contribution in [3.05, 3.63) is 23.7 Å². The molecule has 1 unspecified atom stereocenters. The van der Waals surface area contributed by atoms with Crippen molar-refractivity contribution < 1.29 is 17.9 Å². The van der Waals surface area contributed by atoms with Gasteiger partial charge in [-0.3, -0.25) is 0 Å². The molecule has 1 aromatic heterocycles. The predicted octanol–water partition coefficient (Wildman–Crippen LogP) is 0.290. The lowest BCUT2D eigenvalue weighted by atomic mass is 10.0. The second kappa shape index (κ2) is 9.05.